The van der Waals surface area contributed by atoms with Crippen molar-refractivity contribution in [2.45, 2.75) is 25.4 Å². The van der Waals surface area contributed by atoms with Crippen molar-refractivity contribution in [3.8, 4) is 0 Å². The summed E-state index contributed by atoms with van der Waals surface area (Å²) in [6.07, 6.45) is 2.05. The number of halogens is 2. The van der Waals surface area contributed by atoms with E-state index in [1.165, 1.54) is 0 Å². The molecule has 1 saturated carbocycles. The van der Waals surface area contributed by atoms with Crippen molar-refractivity contribution in [1.82, 2.24) is 4.98 Å². The summed E-state index contributed by atoms with van der Waals surface area (Å²) in [4.78, 5) is 7.18. The highest BCUT2D eigenvalue weighted by atomic mass is 32.1. The molecule has 0 radical (unpaired) electrons. The van der Waals surface area contributed by atoms with Crippen LogP contribution in [0.25, 0.3) is 0 Å². The van der Waals surface area contributed by atoms with Crippen LogP contribution in [0.3, 0.4) is 0 Å². The molecule has 1 aliphatic carbocycles. The summed E-state index contributed by atoms with van der Waals surface area (Å²) in [6, 6.07) is 5.19. The molecule has 0 aliphatic heterocycles. The van der Waals surface area contributed by atoms with Crippen LogP contribution in [0.5, 0.6) is 0 Å². The Balaban J connectivity index is 1.94. The summed E-state index contributed by atoms with van der Waals surface area (Å²) in [5, 5.41) is 4.65. The van der Waals surface area contributed by atoms with Crippen molar-refractivity contribution < 1.29 is 8.78 Å². The molecule has 0 spiro atoms. The van der Waals surface area contributed by atoms with E-state index in [1.807, 2.05) is 22.4 Å². The fraction of sp³-hybridized carbons (Fsp3) is 0.357. The van der Waals surface area contributed by atoms with E-state index in [9.17, 15) is 8.78 Å². The number of hydrogen-bond acceptors (Lipinski definition) is 4. The Morgan fingerprint density at radius 3 is 2.80 bits per heavy atom. The van der Waals surface area contributed by atoms with Gasteiger partial charge in [0.15, 0.2) is 23.3 Å². The maximum absolute atomic E-state index is 14.1. The quantitative estimate of drug-likeness (QED) is 0.913. The predicted molar refractivity (Wildman–Crippen MR) is 77.2 cm³/mol. The number of hydrogen-bond donors (Lipinski definition) is 1. The zero-order chi connectivity index (χ0) is 14.1. The molecule has 0 aromatic carbocycles. The van der Waals surface area contributed by atoms with E-state index in [2.05, 4.69) is 10.3 Å². The highest BCUT2D eigenvalue weighted by Gasteiger charge is 2.32. The SMILES string of the molecule is CNc1nc(N(Cc2cccs2)C2CC2)c(F)cc1F. The Morgan fingerprint density at radius 2 is 2.20 bits per heavy atom. The van der Waals surface area contributed by atoms with Crippen LogP contribution in [0, 0.1) is 11.6 Å². The fourth-order valence-corrected chi connectivity index (χ4v) is 2.87. The molecule has 3 rings (SSSR count). The fourth-order valence-electron chi connectivity index (χ4n) is 2.17. The number of rotatable bonds is 5. The van der Waals surface area contributed by atoms with Crippen LogP contribution >= 0.6 is 11.3 Å². The molecule has 106 valence electrons. The van der Waals surface area contributed by atoms with E-state index in [4.69, 9.17) is 0 Å². The van der Waals surface area contributed by atoms with E-state index in [0.29, 0.717) is 12.6 Å². The van der Waals surface area contributed by atoms with Crippen LogP contribution in [0.2, 0.25) is 0 Å². The summed E-state index contributed by atoms with van der Waals surface area (Å²) >= 11 is 1.63. The average molecular weight is 295 g/mol. The maximum atomic E-state index is 14.1. The molecule has 2 heterocycles. The zero-order valence-corrected chi connectivity index (χ0v) is 11.9. The van der Waals surface area contributed by atoms with Crippen molar-refractivity contribution in [1.29, 1.82) is 0 Å². The van der Waals surface area contributed by atoms with Gasteiger partial charge in [-0.25, -0.2) is 13.8 Å². The minimum atomic E-state index is -0.666. The highest BCUT2D eigenvalue weighted by molar-refractivity contribution is 7.09. The second-order valence-corrected chi connectivity index (χ2v) is 5.84. The van der Waals surface area contributed by atoms with Crippen molar-refractivity contribution in [3.63, 3.8) is 0 Å². The third-order valence-electron chi connectivity index (χ3n) is 3.31. The summed E-state index contributed by atoms with van der Waals surface area (Å²) in [7, 11) is 1.58. The van der Waals surface area contributed by atoms with E-state index >= 15 is 0 Å². The highest BCUT2D eigenvalue weighted by Crippen LogP contribution is 2.35. The first kappa shape index (κ1) is 13.3. The van der Waals surface area contributed by atoms with Gasteiger partial charge < -0.3 is 10.2 Å². The van der Waals surface area contributed by atoms with E-state index in [-0.39, 0.29) is 11.6 Å². The number of nitrogens with one attached hydrogen (secondary N) is 1. The minimum Gasteiger partial charge on any atom is -0.371 e. The first-order valence-corrected chi connectivity index (χ1v) is 7.40. The largest absolute Gasteiger partial charge is 0.371 e. The zero-order valence-electron chi connectivity index (χ0n) is 11.1. The molecule has 0 saturated heterocycles. The Hall–Kier alpha value is -1.69. The number of nitrogens with zero attached hydrogens (tertiary/aromatic N) is 2. The molecule has 1 N–H and O–H groups in total. The van der Waals surface area contributed by atoms with Crippen LogP contribution in [-0.4, -0.2) is 18.1 Å². The van der Waals surface area contributed by atoms with E-state index in [1.54, 1.807) is 18.4 Å². The van der Waals surface area contributed by atoms with Crippen molar-refractivity contribution in [3.05, 3.63) is 40.1 Å². The predicted octanol–water partition coefficient (Wildman–Crippen LogP) is 3.63. The average Bonchev–Trinajstić information content (AvgIpc) is 3.14. The minimum absolute atomic E-state index is 0.0817. The van der Waals surface area contributed by atoms with Gasteiger partial charge in [0.05, 0.1) is 6.54 Å². The van der Waals surface area contributed by atoms with E-state index < -0.39 is 11.6 Å². The van der Waals surface area contributed by atoms with Crippen LogP contribution in [0.1, 0.15) is 17.7 Å². The Bertz CT molecular complexity index is 597. The molecule has 0 amide bonds. The van der Waals surface area contributed by atoms with Crippen molar-refractivity contribution >= 4 is 23.0 Å². The van der Waals surface area contributed by atoms with E-state index in [0.717, 1.165) is 23.8 Å². The lowest BCUT2D eigenvalue weighted by Crippen LogP contribution is -2.27. The lowest BCUT2D eigenvalue weighted by molar-refractivity contribution is 0.568. The Kier molecular flexibility index (Phi) is 3.56. The standard InChI is InChI=1S/C14H15F2N3S/c1-17-13-11(15)7-12(16)14(18-13)19(9-4-5-9)8-10-3-2-6-20-10/h2-3,6-7,9H,4-5,8H2,1H3,(H,17,18). The number of pyridine rings is 1. The summed E-state index contributed by atoms with van der Waals surface area (Å²) < 4.78 is 27.6. The van der Waals surface area contributed by atoms with Crippen LogP contribution in [0.4, 0.5) is 20.4 Å². The van der Waals surface area contributed by atoms with Gasteiger partial charge in [-0.15, -0.1) is 11.3 Å². The second kappa shape index (κ2) is 5.36. The van der Waals surface area contributed by atoms with Crippen LogP contribution < -0.4 is 10.2 Å². The maximum Gasteiger partial charge on any atom is 0.168 e. The van der Waals surface area contributed by atoms with Gasteiger partial charge in [0, 0.05) is 24.0 Å². The third-order valence-corrected chi connectivity index (χ3v) is 4.17. The lowest BCUT2D eigenvalue weighted by atomic mass is 10.3. The van der Waals surface area contributed by atoms with Gasteiger partial charge in [-0.2, -0.15) is 0 Å². The van der Waals surface area contributed by atoms with Crippen molar-refractivity contribution in [2.75, 3.05) is 17.3 Å². The number of anilines is 2. The van der Waals surface area contributed by atoms with Gasteiger partial charge in [0.25, 0.3) is 0 Å². The van der Waals surface area contributed by atoms with Gasteiger partial charge in [-0.05, 0) is 24.3 Å². The number of thiophene rings is 1. The molecule has 0 unspecified atom stereocenters. The molecule has 2 aromatic rings. The molecule has 1 fully saturated rings. The Morgan fingerprint density at radius 1 is 1.40 bits per heavy atom. The Labute approximate surface area is 120 Å². The normalized spacial score (nSPS) is 14.3. The molecule has 6 heteroatoms. The monoisotopic (exact) mass is 295 g/mol. The molecular formula is C14H15F2N3S. The lowest BCUT2D eigenvalue weighted by Gasteiger charge is -2.24. The van der Waals surface area contributed by atoms with Crippen molar-refractivity contribution in [2.24, 2.45) is 0 Å². The van der Waals surface area contributed by atoms with Gasteiger partial charge in [0.1, 0.15) is 0 Å². The molecule has 2 aromatic heterocycles. The van der Waals surface area contributed by atoms with Gasteiger partial charge in [-0.1, -0.05) is 6.07 Å². The molecule has 1 aliphatic rings. The molecular weight excluding hydrogens is 280 g/mol. The summed E-state index contributed by atoms with van der Waals surface area (Å²) in [5.41, 5.74) is 0. The topological polar surface area (TPSA) is 28.2 Å². The van der Waals surface area contributed by atoms with Crippen LogP contribution in [-0.2, 0) is 6.54 Å². The molecule has 3 nitrogen and oxygen atoms in total. The van der Waals surface area contributed by atoms with Crippen LogP contribution in [0.15, 0.2) is 23.6 Å². The van der Waals surface area contributed by atoms with Gasteiger partial charge in [0.2, 0.25) is 0 Å². The second-order valence-electron chi connectivity index (χ2n) is 4.81. The summed E-state index contributed by atoms with van der Waals surface area (Å²) in [6.45, 7) is 0.612. The number of aromatic nitrogens is 1. The molecule has 0 atom stereocenters. The van der Waals surface area contributed by atoms with Gasteiger partial charge in [-0.3, -0.25) is 0 Å². The smallest absolute Gasteiger partial charge is 0.168 e. The first-order chi connectivity index (χ1) is 9.69. The molecule has 20 heavy (non-hydrogen) atoms. The van der Waals surface area contributed by atoms with Gasteiger partial charge >= 0.3 is 0 Å². The summed E-state index contributed by atoms with van der Waals surface area (Å²) in [5.74, 6) is -0.963. The molecule has 0 bridgehead atoms. The first-order valence-electron chi connectivity index (χ1n) is 6.52. The third kappa shape index (κ3) is 2.60.